The Morgan fingerprint density at radius 1 is 0.964 bits per heavy atom. The van der Waals surface area contributed by atoms with Crippen LogP contribution in [0.2, 0.25) is 0 Å². The maximum atomic E-state index is 12.7. The van der Waals surface area contributed by atoms with Crippen LogP contribution in [0.5, 0.6) is 0 Å². The summed E-state index contributed by atoms with van der Waals surface area (Å²) in [5.41, 5.74) is 3.73. The lowest BCUT2D eigenvalue weighted by Crippen LogP contribution is -2.28. The second-order valence-electron chi connectivity index (χ2n) is 6.45. The summed E-state index contributed by atoms with van der Waals surface area (Å²) in [5.74, 6) is 0. The molecule has 140 valence electrons. The van der Waals surface area contributed by atoms with E-state index >= 15 is 0 Å². The van der Waals surface area contributed by atoms with Crippen molar-refractivity contribution in [3.05, 3.63) is 100 Å². The third kappa shape index (κ3) is 3.71. The van der Waals surface area contributed by atoms with Crippen LogP contribution >= 0.6 is 0 Å². The smallest absolute Gasteiger partial charge is 0.287 e. The summed E-state index contributed by atoms with van der Waals surface area (Å²) < 4.78 is 1.24. The fourth-order valence-corrected chi connectivity index (χ4v) is 3.06. The molecule has 0 amide bonds. The third-order valence-corrected chi connectivity index (χ3v) is 4.48. The molecule has 0 bridgehead atoms. The summed E-state index contributed by atoms with van der Waals surface area (Å²) in [6.07, 6.45) is 1.44. The van der Waals surface area contributed by atoms with Crippen LogP contribution < -0.4 is 15.7 Å². The Labute approximate surface area is 162 Å². The molecule has 4 rings (SSSR count). The van der Waals surface area contributed by atoms with Crippen LogP contribution in [0.1, 0.15) is 16.8 Å². The first kappa shape index (κ1) is 17.7. The zero-order valence-corrected chi connectivity index (χ0v) is 15.5. The van der Waals surface area contributed by atoms with E-state index in [0.29, 0.717) is 17.9 Å². The topological polar surface area (TPSA) is 69.0 Å². The predicted octanol–water partition coefficient (Wildman–Crippen LogP) is 3.34. The number of rotatable bonds is 6. The van der Waals surface area contributed by atoms with E-state index in [0.717, 1.165) is 22.2 Å². The van der Waals surface area contributed by atoms with Gasteiger partial charge in [0, 0.05) is 12.6 Å². The largest absolute Gasteiger partial charge is 0.404 e. The second-order valence-corrected chi connectivity index (χ2v) is 6.45. The Morgan fingerprint density at radius 3 is 2.36 bits per heavy atom. The lowest BCUT2D eigenvalue weighted by atomic mass is 10.2. The van der Waals surface area contributed by atoms with Gasteiger partial charge in [-0.1, -0.05) is 60.7 Å². The number of benzene rings is 2. The standard InChI is InChI=1S/C22H20N4O2/c1-16-21-19(23-13-17-8-4-2-5-9-17)12-20(27)26(22(21)25-15-24-16)28-14-18-10-6-3-7-11-18/h2-12,15,23H,13-14H2,1H3. The fraction of sp³-hybridized carbons (Fsp3) is 0.136. The Kier molecular flexibility index (Phi) is 5.01. The number of aromatic nitrogens is 3. The van der Waals surface area contributed by atoms with Gasteiger partial charge in [0.15, 0.2) is 5.65 Å². The van der Waals surface area contributed by atoms with E-state index in [1.165, 1.54) is 17.1 Å². The molecule has 0 aliphatic heterocycles. The third-order valence-electron chi connectivity index (χ3n) is 4.48. The molecule has 2 aromatic heterocycles. The molecule has 2 aromatic carbocycles. The molecule has 6 nitrogen and oxygen atoms in total. The number of pyridine rings is 1. The van der Waals surface area contributed by atoms with Crippen LogP contribution in [-0.4, -0.2) is 14.7 Å². The molecule has 2 heterocycles. The van der Waals surface area contributed by atoms with Crippen LogP contribution in [0.15, 0.2) is 77.9 Å². The quantitative estimate of drug-likeness (QED) is 0.562. The molecule has 0 saturated heterocycles. The highest BCUT2D eigenvalue weighted by Crippen LogP contribution is 2.22. The normalized spacial score (nSPS) is 10.8. The van der Waals surface area contributed by atoms with Gasteiger partial charge < -0.3 is 10.2 Å². The van der Waals surface area contributed by atoms with Gasteiger partial charge in [0.1, 0.15) is 12.9 Å². The Bertz CT molecular complexity index is 1140. The van der Waals surface area contributed by atoms with Crippen molar-refractivity contribution < 1.29 is 4.84 Å². The second kappa shape index (κ2) is 7.92. The number of hydrogen-bond acceptors (Lipinski definition) is 5. The van der Waals surface area contributed by atoms with E-state index in [-0.39, 0.29) is 12.2 Å². The van der Waals surface area contributed by atoms with Crippen molar-refractivity contribution in [3.8, 4) is 0 Å². The van der Waals surface area contributed by atoms with Crippen molar-refractivity contribution in [2.75, 3.05) is 5.32 Å². The molecule has 0 aliphatic carbocycles. The molecule has 1 N–H and O–H groups in total. The van der Waals surface area contributed by atoms with E-state index in [9.17, 15) is 4.79 Å². The van der Waals surface area contributed by atoms with Crippen LogP contribution in [0.4, 0.5) is 5.69 Å². The zero-order valence-electron chi connectivity index (χ0n) is 15.5. The van der Waals surface area contributed by atoms with Gasteiger partial charge in [0.2, 0.25) is 0 Å². The van der Waals surface area contributed by atoms with E-state index in [4.69, 9.17) is 4.84 Å². The van der Waals surface area contributed by atoms with Crippen molar-refractivity contribution in [3.63, 3.8) is 0 Å². The monoisotopic (exact) mass is 372 g/mol. The molecule has 0 fully saturated rings. The first-order chi connectivity index (χ1) is 13.7. The number of fused-ring (bicyclic) bond motifs is 1. The highest BCUT2D eigenvalue weighted by atomic mass is 16.7. The molecule has 0 spiro atoms. The summed E-state index contributed by atoms with van der Waals surface area (Å²) in [7, 11) is 0. The van der Waals surface area contributed by atoms with Gasteiger partial charge in [0.05, 0.1) is 16.8 Å². The minimum Gasteiger partial charge on any atom is -0.404 e. The van der Waals surface area contributed by atoms with Gasteiger partial charge in [-0.05, 0) is 18.1 Å². The first-order valence-corrected chi connectivity index (χ1v) is 9.05. The van der Waals surface area contributed by atoms with Crippen molar-refractivity contribution >= 4 is 16.7 Å². The lowest BCUT2D eigenvalue weighted by Gasteiger charge is -2.15. The minimum atomic E-state index is -0.280. The summed E-state index contributed by atoms with van der Waals surface area (Å²) >= 11 is 0. The van der Waals surface area contributed by atoms with Crippen LogP contribution in [0.3, 0.4) is 0 Å². The van der Waals surface area contributed by atoms with Gasteiger partial charge in [-0.3, -0.25) is 4.79 Å². The molecular formula is C22H20N4O2. The number of anilines is 1. The number of hydrogen-bond donors (Lipinski definition) is 1. The number of nitrogens with one attached hydrogen (secondary N) is 1. The molecule has 6 heteroatoms. The summed E-state index contributed by atoms with van der Waals surface area (Å²) in [5, 5.41) is 4.11. The number of aryl methyl sites for hydroxylation is 1. The molecular weight excluding hydrogens is 352 g/mol. The van der Waals surface area contributed by atoms with Crippen LogP contribution in [0.25, 0.3) is 11.0 Å². The maximum Gasteiger partial charge on any atom is 0.287 e. The lowest BCUT2D eigenvalue weighted by molar-refractivity contribution is 0.0979. The van der Waals surface area contributed by atoms with E-state index in [1.807, 2.05) is 67.6 Å². The maximum absolute atomic E-state index is 12.7. The first-order valence-electron chi connectivity index (χ1n) is 9.05. The minimum absolute atomic E-state index is 0.273. The van der Waals surface area contributed by atoms with Gasteiger partial charge >= 0.3 is 0 Å². The highest BCUT2D eigenvalue weighted by Gasteiger charge is 2.14. The van der Waals surface area contributed by atoms with E-state index in [2.05, 4.69) is 15.3 Å². The SMILES string of the molecule is Cc1ncnc2c1c(NCc1ccccc1)cc(=O)n2OCc1ccccc1. The molecule has 28 heavy (non-hydrogen) atoms. The fourth-order valence-electron chi connectivity index (χ4n) is 3.06. The average molecular weight is 372 g/mol. The summed E-state index contributed by atoms with van der Waals surface area (Å²) in [4.78, 5) is 27.1. The molecule has 4 aromatic rings. The van der Waals surface area contributed by atoms with Gasteiger partial charge in [0.25, 0.3) is 5.56 Å². The van der Waals surface area contributed by atoms with Crippen molar-refractivity contribution in [1.29, 1.82) is 0 Å². The van der Waals surface area contributed by atoms with Crippen LogP contribution in [-0.2, 0) is 13.2 Å². The molecule has 0 atom stereocenters. The Balaban J connectivity index is 1.69. The van der Waals surface area contributed by atoms with Gasteiger partial charge in [-0.25, -0.2) is 9.97 Å². The molecule has 0 radical (unpaired) electrons. The van der Waals surface area contributed by atoms with Crippen LogP contribution in [0, 0.1) is 6.92 Å². The molecule has 0 unspecified atom stereocenters. The van der Waals surface area contributed by atoms with Crippen molar-refractivity contribution in [2.45, 2.75) is 20.1 Å². The molecule has 0 aliphatic rings. The molecule has 0 saturated carbocycles. The Morgan fingerprint density at radius 2 is 1.64 bits per heavy atom. The van der Waals surface area contributed by atoms with Crippen molar-refractivity contribution in [2.24, 2.45) is 0 Å². The van der Waals surface area contributed by atoms with Crippen molar-refractivity contribution in [1.82, 2.24) is 14.7 Å². The predicted molar refractivity (Wildman–Crippen MR) is 109 cm³/mol. The Hall–Kier alpha value is -3.67. The van der Waals surface area contributed by atoms with E-state index in [1.54, 1.807) is 0 Å². The highest BCUT2D eigenvalue weighted by molar-refractivity contribution is 5.90. The summed E-state index contributed by atoms with van der Waals surface area (Å²) in [6, 6.07) is 21.2. The van der Waals surface area contributed by atoms with E-state index < -0.39 is 0 Å². The summed E-state index contributed by atoms with van der Waals surface area (Å²) in [6.45, 7) is 2.76. The zero-order chi connectivity index (χ0) is 19.3. The average Bonchev–Trinajstić information content (AvgIpc) is 2.73. The van der Waals surface area contributed by atoms with Gasteiger partial charge in [-0.2, -0.15) is 0 Å². The van der Waals surface area contributed by atoms with Gasteiger partial charge in [-0.15, -0.1) is 4.73 Å². The number of nitrogens with zero attached hydrogens (tertiary/aromatic N) is 3.